The highest BCUT2D eigenvalue weighted by Gasteiger charge is 2.00. The van der Waals surface area contributed by atoms with Gasteiger partial charge in [0.25, 0.3) is 0 Å². The van der Waals surface area contributed by atoms with Gasteiger partial charge < -0.3 is 0 Å². The van der Waals surface area contributed by atoms with Crippen LogP contribution in [0.2, 0.25) is 0 Å². The number of aliphatic imine (C=N–C) groups is 1. The Hall–Kier alpha value is -2.27. The maximum Gasteiger partial charge on any atom is 0.150 e. The van der Waals surface area contributed by atoms with E-state index in [1.165, 1.54) is 24.5 Å². The Morgan fingerprint density at radius 3 is 2.36 bits per heavy atom. The average molecular weight is 309 g/mol. The van der Waals surface area contributed by atoms with E-state index >= 15 is 0 Å². The molecule has 0 aliphatic carbocycles. The van der Waals surface area contributed by atoms with Crippen LogP contribution in [0, 0.1) is 17.7 Å². The number of nitrogens with zero attached hydrogens (tertiary/aromatic N) is 1. The normalized spacial score (nSPS) is 9.55. The third-order valence-corrected chi connectivity index (χ3v) is 3.33. The van der Waals surface area contributed by atoms with E-state index in [1.807, 2.05) is 12.1 Å². The molecule has 2 rings (SSSR count). The van der Waals surface area contributed by atoms with Crippen molar-refractivity contribution < 1.29 is 4.39 Å². The summed E-state index contributed by atoms with van der Waals surface area (Å²) in [5.74, 6) is 5.55. The number of thiocarbonyl (C=S) groups is 1. The van der Waals surface area contributed by atoms with E-state index < -0.39 is 5.82 Å². The Kier molecular flexibility index (Phi) is 6.03. The monoisotopic (exact) mass is 309 g/mol. The van der Waals surface area contributed by atoms with Crippen molar-refractivity contribution in [3.8, 4) is 11.8 Å². The third kappa shape index (κ3) is 4.63. The van der Waals surface area contributed by atoms with Crippen molar-refractivity contribution in [3.05, 3.63) is 65.0 Å². The summed E-state index contributed by atoms with van der Waals surface area (Å²) < 4.78 is 13.7. The third-order valence-electron chi connectivity index (χ3n) is 3.24. The van der Waals surface area contributed by atoms with Crippen LogP contribution >= 0.6 is 12.2 Å². The lowest BCUT2D eigenvalue weighted by molar-refractivity contribution is 0.629. The van der Waals surface area contributed by atoms with Crippen molar-refractivity contribution in [1.29, 1.82) is 0 Å². The van der Waals surface area contributed by atoms with Crippen molar-refractivity contribution >= 4 is 23.1 Å². The lowest BCUT2D eigenvalue weighted by atomic mass is 10.1. The van der Waals surface area contributed by atoms with Gasteiger partial charge in [-0.15, -0.1) is 0 Å². The second kappa shape index (κ2) is 8.24. The van der Waals surface area contributed by atoms with E-state index in [4.69, 9.17) is 0 Å². The minimum absolute atomic E-state index is 0.181. The van der Waals surface area contributed by atoms with Gasteiger partial charge >= 0.3 is 0 Å². The quantitative estimate of drug-likeness (QED) is 0.424. The molecule has 110 valence electrons. The highest BCUT2D eigenvalue weighted by molar-refractivity contribution is 7.78. The van der Waals surface area contributed by atoms with E-state index in [0.717, 1.165) is 12.0 Å². The molecule has 0 aliphatic heterocycles. The van der Waals surface area contributed by atoms with Crippen LogP contribution in [0.4, 0.5) is 10.1 Å². The second-order valence-corrected chi connectivity index (χ2v) is 5.10. The van der Waals surface area contributed by atoms with Gasteiger partial charge in [-0.05, 0) is 61.0 Å². The molecule has 0 unspecified atom stereocenters. The lowest BCUT2D eigenvalue weighted by Crippen LogP contribution is -1.85. The van der Waals surface area contributed by atoms with Gasteiger partial charge in [0.15, 0.2) is 5.82 Å². The summed E-state index contributed by atoms with van der Waals surface area (Å²) in [7, 11) is 0. The number of halogens is 1. The smallest absolute Gasteiger partial charge is 0.150 e. The maximum atomic E-state index is 13.7. The molecule has 0 N–H and O–H groups in total. The first-order chi connectivity index (χ1) is 10.7. The number of hydrogen-bond donors (Lipinski definition) is 0. The first kappa shape index (κ1) is 16.1. The van der Waals surface area contributed by atoms with Crippen molar-refractivity contribution in [2.24, 2.45) is 4.99 Å². The summed E-state index contributed by atoms with van der Waals surface area (Å²) in [4.78, 5) is 3.64. The minimum atomic E-state index is -0.445. The molecule has 0 heterocycles. The fraction of sp³-hybridized carbons (Fsp3) is 0.211. The zero-order valence-electron chi connectivity index (χ0n) is 12.4. The van der Waals surface area contributed by atoms with Crippen LogP contribution < -0.4 is 0 Å². The Labute approximate surface area is 135 Å². The predicted molar refractivity (Wildman–Crippen MR) is 92.1 cm³/mol. The van der Waals surface area contributed by atoms with Crippen LogP contribution in [-0.4, -0.2) is 5.16 Å². The highest BCUT2D eigenvalue weighted by Crippen LogP contribution is 2.18. The summed E-state index contributed by atoms with van der Waals surface area (Å²) in [5.41, 5.74) is 3.03. The number of unbranched alkanes of at least 4 members (excludes halogenated alkanes) is 1. The predicted octanol–water partition coefficient (Wildman–Crippen LogP) is 5.30. The summed E-state index contributed by atoms with van der Waals surface area (Å²) in [5, 5.41) is 2.15. The Bertz CT molecular complexity index is 747. The largest absolute Gasteiger partial charge is 0.205 e. The molecule has 0 aliphatic rings. The second-order valence-electron chi connectivity index (χ2n) is 4.92. The summed E-state index contributed by atoms with van der Waals surface area (Å²) in [6, 6.07) is 12.8. The Morgan fingerprint density at radius 1 is 1.05 bits per heavy atom. The molecule has 0 fully saturated rings. The fourth-order valence-electron chi connectivity index (χ4n) is 2.00. The molecule has 1 nitrogen and oxygen atoms in total. The SMILES string of the molecule is CCCCc1ccc(C#Cc2ccc(N=C=S)c(F)c2)cc1. The lowest BCUT2D eigenvalue weighted by Gasteiger charge is -1.99. The van der Waals surface area contributed by atoms with Crippen LogP contribution in [0.1, 0.15) is 36.5 Å². The van der Waals surface area contributed by atoms with Crippen molar-refractivity contribution in [1.82, 2.24) is 0 Å². The van der Waals surface area contributed by atoms with E-state index in [0.29, 0.717) is 5.56 Å². The number of rotatable bonds is 4. The van der Waals surface area contributed by atoms with Crippen molar-refractivity contribution in [3.63, 3.8) is 0 Å². The van der Waals surface area contributed by atoms with E-state index in [9.17, 15) is 4.39 Å². The van der Waals surface area contributed by atoms with Gasteiger partial charge in [-0.25, -0.2) is 4.39 Å². The average Bonchev–Trinajstić information content (AvgIpc) is 2.54. The van der Waals surface area contributed by atoms with Crippen molar-refractivity contribution in [2.45, 2.75) is 26.2 Å². The van der Waals surface area contributed by atoms with Gasteiger partial charge in [-0.2, -0.15) is 4.99 Å². The maximum absolute atomic E-state index is 13.7. The molecule has 0 radical (unpaired) electrons. The highest BCUT2D eigenvalue weighted by atomic mass is 32.1. The van der Waals surface area contributed by atoms with Gasteiger partial charge in [-0.3, -0.25) is 0 Å². The molecule has 0 bridgehead atoms. The van der Waals surface area contributed by atoms with Crippen LogP contribution in [0.5, 0.6) is 0 Å². The zero-order chi connectivity index (χ0) is 15.8. The van der Waals surface area contributed by atoms with Crippen LogP contribution in [0.3, 0.4) is 0 Å². The Morgan fingerprint density at radius 2 is 1.73 bits per heavy atom. The van der Waals surface area contributed by atoms with Gasteiger partial charge in [0.1, 0.15) is 5.69 Å². The summed E-state index contributed by atoms with van der Waals surface area (Å²) in [6.45, 7) is 2.18. The number of hydrogen-bond acceptors (Lipinski definition) is 2. The summed E-state index contributed by atoms with van der Waals surface area (Å²) in [6.07, 6.45) is 3.48. The van der Waals surface area contributed by atoms with E-state index in [-0.39, 0.29) is 5.69 Å². The first-order valence-electron chi connectivity index (χ1n) is 7.21. The molecule has 22 heavy (non-hydrogen) atoms. The van der Waals surface area contributed by atoms with Crippen LogP contribution in [0.15, 0.2) is 47.5 Å². The van der Waals surface area contributed by atoms with Gasteiger partial charge in [0, 0.05) is 11.1 Å². The standard InChI is InChI=1S/C19H16FNS/c1-2-3-4-15-5-7-16(8-6-15)9-10-17-11-12-19(21-14-22)18(20)13-17/h5-8,11-13H,2-4H2,1H3. The van der Waals surface area contributed by atoms with Gasteiger partial charge in [0.2, 0.25) is 0 Å². The fourth-order valence-corrected chi connectivity index (χ4v) is 2.10. The van der Waals surface area contributed by atoms with Gasteiger partial charge in [0.05, 0.1) is 5.16 Å². The summed E-state index contributed by atoms with van der Waals surface area (Å²) >= 11 is 4.47. The van der Waals surface area contributed by atoms with Crippen molar-refractivity contribution in [2.75, 3.05) is 0 Å². The topological polar surface area (TPSA) is 12.4 Å². The molecular weight excluding hydrogens is 293 g/mol. The first-order valence-corrected chi connectivity index (χ1v) is 7.62. The minimum Gasteiger partial charge on any atom is -0.205 e. The number of benzene rings is 2. The van der Waals surface area contributed by atoms with Gasteiger partial charge in [-0.1, -0.05) is 37.3 Å². The molecule has 0 amide bonds. The number of isothiocyanates is 1. The Balaban J connectivity index is 2.12. The molecule has 2 aromatic rings. The zero-order valence-corrected chi connectivity index (χ0v) is 13.2. The molecule has 2 aromatic carbocycles. The molecule has 0 aromatic heterocycles. The molecule has 0 atom stereocenters. The molecule has 0 saturated heterocycles. The van der Waals surface area contributed by atoms with Crippen LogP contribution in [-0.2, 0) is 6.42 Å². The molecular formula is C19H16FNS. The molecule has 0 spiro atoms. The van der Waals surface area contributed by atoms with Crippen LogP contribution in [0.25, 0.3) is 0 Å². The molecule has 3 heteroatoms. The molecule has 0 saturated carbocycles. The van der Waals surface area contributed by atoms with E-state index in [1.54, 1.807) is 12.1 Å². The van der Waals surface area contributed by atoms with E-state index in [2.05, 4.69) is 53.3 Å². The number of aryl methyl sites for hydroxylation is 1.